The number of nitrogens with one attached hydrogen (secondary N) is 1. The SMILES string of the molecule is CCCC(NCC)C(C)c1ccc(Br)cc1. The van der Waals surface area contributed by atoms with Crippen molar-refractivity contribution in [3.63, 3.8) is 0 Å². The Morgan fingerprint density at radius 2 is 1.81 bits per heavy atom. The Kier molecular flexibility index (Phi) is 6.07. The first-order valence-electron chi connectivity index (χ1n) is 6.17. The fourth-order valence-corrected chi connectivity index (χ4v) is 2.37. The Bertz CT molecular complexity index is 288. The van der Waals surface area contributed by atoms with Gasteiger partial charge >= 0.3 is 0 Å². The van der Waals surface area contributed by atoms with E-state index in [4.69, 9.17) is 0 Å². The van der Waals surface area contributed by atoms with Crippen LogP contribution in [0.1, 0.15) is 45.1 Å². The Morgan fingerprint density at radius 1 is 1.19 bits per heavy atom. The Labute approximate surface area is 108 Å². The van der Waals surface area contributed by atoms with Crippen LogP contribution in [-0.4, -0.2) is 12.6 Å². The number of hydrogen-bond donors (Lipinski definition) is 1. The maximum absolute atomic E-state index is 3.58. The molecule has 1 aromatic rings. The second-order valence-electron chi connectivity index (χ2n) is 4.29. The third-order valence-corrected chi connectivity index (χ3v) is 3.59. The van der Waals surface area contributed by atoms with E-state index >= 15 is 0 Å². The standard InChI is InChI=1S/C14H22BrN/c1-4-6-14(16-5-2)11(3)12-7-9-13(15)10-8-12/h7-11,14,16H,4-6H2,1-3H3. The van der Waals surface area contributed by atoms with Gasteiger partial charge in [0.05, 0.1) is 0 Å². The molecule has 16 heavy (non-hydrogen) atoms. The molecule has 0 aromatic heterocycles. The van der Waals surface area contributed by atoms with Crippen LogP contribution < -0.4 is 5.32 Å². The number of rotatable bonds is 6. The molecule has 0 aliphatic rings. The molecule has 1 rings (SSSR count). The van der Waals surface area contributed by atoms with Gasteiger partial charge in [0.15, 0.2) is 0 Å². The van der Waals surface area contributed by atoms with Gasteiger partial charge in [-0.15, -0.1) is 0 Å². The third-order valence-electron chi connectivity index (χ3n) is 3.07. The molecule has 0 heterocycles. The Hall–Kier alpha value is -0.340. The monoisotopic (exact) mass is 283 g/mol. The van der Waals surface area contributed by atoms with Gasteiger partial charge in [-0.2, -0.15) is 0 Å². The van der Waals surface area contributed by atoms with E-state index in [9.17, 15) is 0 Å². The van der Waals surface area contributed by atoms with Gasteiger partial charge < -0.3 is 5.32 Å². The average Bonchev–Trinajstić information content (AvgIpc) is 2.29. The van der Waals surface area contributed by atoms with Crippen LogP contribution in [0.3, 0.4) is 0 Å². The minimum atomic E-state index is 0.577. The normalized spacial score (nSPS) is 14.8. The fraction of sp³-hybridized carbons (Fsp3) is 0.571. The number of hydrogen-bond acceptors (Lipinski definition) is 1. The molecule has 0 bridgehead atoms. The van der Waals surface area contributed by atoms with Crippen LogP contribution in [-0.2, 0) is 0 Å². The maximum atomic E-state index is 3.58. The van der Waals surface area contributed by atoms with Crippen molar-refractivity contribution in [2.45, 2.75) is 45.6 Å². The highest BCUT2D eigenvalue weighted by molar-refractivity contribution is 9.10. The predicted octanol–water partition coefficient (Wildman–Crippen LogP) is 4.33. The van der Waals surface area contributed by atoms with Crippen molar-refractivity contribution in [1.82, 2.24) is 5.32 Å². The van der Waals surface area contributed by atoms with Gasteiger partial charge in [0.1, 0.15) is 0 Å². The van der Waals surface area contributed by atoms with Crippen LogP contribution in [0.25, 0.3) is 0 Å². The second kappa shape index (κ2) is 7.08. The lowest BCUT2D eigenvalue weighted by Crippen LogP contribution is -2.33. The summed E-state index contributed by atoms with van der Waals surface area (Å²) in [4.78, 5) is 0. The number of benzene rings is 1. The topological polar surface area (TPSA) is 12.0 Å². The van der Waals surface area contributed by atoms with Crippen molar-refractivity contribution in [2.75, 3.05) is 6.54 Å². The summed E-state index contributed by atoms with van der Waals surface area (Å²) in [5.74, 6) is 0.577. The van der Waals surface area contributed by atoms with E-state index in [1.54, 1.807) is 0 Å². The van der Waals surface area contributed by atoms with Gasteiger partial charge in [-0.3, -0.25) is 0 Å². The van der Waals surface area contributed by atoms with Crippen LogP contribution in [0.4, 0.5) is 0 Å². The highest BCUT2D eigenvalue weighted by Gasteiger charge is 2.16. The molecule has 0 aliphatic carbocycles. The second-order valence-corrected chi connectivity index (χ2v) is 5.21. The summed E-state index contributed by atoms with van der Waals surface area (Å²) in [6.45, 7) is 7.79. The molecule has 2 heteroatoms. The molecule has 0 saturated heterocycles. The molecular formula is C14H22BrN. The Balaban J connectivity index is 2.72. The Morgan fingerprint density at radius 3 is 2.31 bits per heavy atom. The molecule has 1 aromatic carbocycles. The number of likely N-dealkylation sites (N-methyl/N-ethyl adjacent to an activating group) is 1. The highest BCUT2D eigenvalue weighted by atomic mass is 79.9. The minimum Gasteiger partial charge on any atom is -0.314 e. The quantitative estimate of drug-likeness (QED) is 0.819. The summed E-state index contributed by atoms with van der Waals surface area (Å²) in [5.41, 5.74) is 1.42. The first kappa shape index (κ1) is 13.7. The van der Waals surface area contributed by atoms with E-state index in [1.807, 2.05) is 0 Å². The van der Waals surface area contributed by atoms with Crippen molar-refractivity contribution >= 4 is 15.9 Å². The van der Waals surface area contributed by atoms with Crippen molar-refractivity contribution in [3.8, 4) is 0 Å². The van der Waals surface area contributed by atoms with Gasteiger partial charge in [0, 0.05) is 10.5 Å². The first-order chi connectivity index (χ1) is 7.69. The minimum absolute atomic E-state index is 0.577. The molecule has 0 fully saturated rings. The van der Waals surface area contributed by atoms with Gasteiger partial charge in [-0.05, 0) is 36.6 Å². The van der Waals surface area contributed by atoms with E-state index in [0.29, 0.717) is 12.0 Å². The molecule has 2 unspecified atom stereocenters. The molecule has 0 aliphatic heterocycles. The van der Waals surface area contributed by atoms with Crippen LogP contribution in [0, 0.1) is 0 Å². The largest absolute Gasteiger partial charge is 0.314 e. The van der Waals surface area contributed by atoms with Crippen LogP contribution in [0.15, 0.2) is 28.7 Å². The lowest BCUT2D eigenvalue weighted by atomic mass is 9.90. The van der Waals surface area contributed by atoms with Crippen LogP contribution in [0.5, 0.6) is 0 Å². The summed E-state index contributed by atoms with van der Waals surface area (Å²) >= 11 is 3.48. The van der Waals surface area contributed by atoms with Gasteiger partial charge in [-0.25, -0.2) is 0 Å². The van der Waals surface area contributed by atoms with E-state index in [2.05, 4.69) is 66.3 Å². The summed E-state index contributed by atoms with van der Waals surface area (Å²) in [7, 11) is 0. The van der Waals surface area contributed by atoms with Crippen molar-refractivity contribution < 1.29 is 0 Å². The summed E-state index contributed by atoms with van der Waals surface area (Å²) in [6.07, 6.45) is 2.48. The van der Waals surface area contributed by atoms with E-state index in [-0.39, 0.29) is 0 Å². The molecule has 1 N–H and O–H groups in total. The fourth-order valence-electron chi connectivity index (χ4n) is 2.10. The molecule has 2 atom stereocenters. The van der Waals surface area contributed by atoms with Crippen LogP contribution >= 0.6 is 15.9 Å². The lowest BCUT2D eigenvalue weighted by Gasteiger charge is -2.25. The zero-order valence-electron chi connectivity index (χ0n) is 10.5. The average molecular weight is 284 g/mol. The summed E-state index contributed by atoms with van der Waals surface area (Å²) in [5, 5.41) is 3.58. The molecule has 0 radical (unpaired) electrons. The maximum Gasteiger partial charge on any atom is 0.0175 e. The van der Waals surface area contributed by atoms with Gasteiger partial charge in [0.2, 0.25) is 0 Å². The molecule has 0 saturated carbocycles. The van der Waals surface area contributed by atoms with Gasteiger partial charge in [-0.1, -0.05) is 55.3 Å². The lowest BCUT2D eigenvalue weighted by molar-refractivity contribution is 0.430. The van der Waals surface area contributed by atoms with Crippen molar-refractivity contribution in [2.24, 2.45) is 0 Å². The number of halogens is 1. The van der Waals surface area contributed by atoms with Crippen LogP contribution in [0.2, 0.25) is 0 Å². The zero-order valence-corrected chi connectivity index (χ0v) is 12.0. The first-order valence-corrected chi connectivity index (χ1v) is 6.97. The van der Waals surface area contributed by atoms with E-state index < -0.39 is 0 Å². The molecule has 0 spiro atoms. The molecular weight excluding hydrogens is 262 g/mol. The molecule has 90 valence electrons. The molecule has 0 amide bonds. The zero-order chi connectivity index (χ0) is 12.0. The summed E-state index contributed by atoms with van der Waals surface area (Å²) < 4.78 is 1.15. The smallest absolute Gasteiger partial charge is 0.0175 e. The van der Waals surface area contributed by atoms with Gasteiger partial charge in [0.25, 0.3) is 0 Å². The predicted molar refractivity (Wildman–Crippen MR) is 74.9 cm³/mol. The third kappa shape index (κ3) is 3.91. The van der Waals surface area contributed by atoms with Crippen molar-refractivity contribution in [3.05, 3.63) is 34.3 Å². The molecule has 1 nitrogen and oxygen atoms in total. The van der Waals surface area contributed by atoms with E-state index in [0.717, 1.165) is 11.0 Å². The van der Waals surface area contributed by atoms with E-state index in [1.165, 1.54) is 18.4 Å². The summed E-state index contributed by atoms with van der Waals surface area (Å²) in [6, 6.07) is 9.28. The highest BCUT2D eigenvalue weighted by Crippen LogP contribution is 2.23. The van der Waals surface area contributed by atoms with Crippen molar-refractivity contribution in [1.29, 1.82) is 0 Å².